The molecule has 0 unspecified atom stereocenters. The van der Waals surface area contributed by atoms with Gasteiger partial charge in [0.05, 0.1) is 0 Å². The second-order valence-electron chi connectivity index (χ2n) is 5.33. The number of hydrogen-bond donors (Lipinski definition) is 0. The van der Waals surface area contributed by atoms with E-state index in [-0.39, 0.29) is 0 Å². The average molecular weight is 321 g/mol. The summed E-state index contributed by atoms with van der Waals surface area (Å²) in [6.45, 7) is 5.04. The van der Waals surface area contributed by atoms with E-state index in [2.05, 4.69) is 21.9 Å². The molecule has 1 aliphatic rings. The molecule has 0 aliphatic carbocycles. The third-order valence-electron chi connectivity index (χ3n) is 3.90. The molecule has 0 saturated carbocycles. The first-order valence-electron chi connectivity index (χ1n) is 7.18. The Labute approximate surface area is 135 Å². The topological polar surface area (TPSA) is 6.48 Å². The van der Waals surface area contributed by atoms with Gasteiger partial charge >= 0.3 is 0 Å². The molecule has 1 saturated heterocycles. The van der Waals surface area contributed by atoms with Crippen molar-refractivity contribution in [2.45, 2.75) is 6.54 Å². The van der Waals surface area contributed by atoms with Crippen LogP contribution in [0.1, 0.15) is 5.56 Å². The van der Waals surface area contributed by atoms with Crippen molar-refractivity contribution in [3.05, 3.63) is 64.1 Å². The normalized spacial score (nSPS) is 16.2. The standard InChI is InChI=1S/C17H18Cl2N2/c18-15-5-3-6-16(12-15)21-10-8-20(9-11-21)13-14-4-1-2-7-17(14)19/h1-7,12H,8-11,13H2. The minimum absolute atomic E-state index is 0.797. The summed E-state index contributed by atoms with van der Waals surface area (Å²) in [5.41, 5.74) is 2.41. The maximum atomic E-state index is 6.23. The van der Waals surface area contributed by atoms with Gasteiger partial charge in [-0.05, 0) is 29.8 Å². The van der Waals surface area contributed by atoms with Crippen molar-refractivity contribution >= 4 is 28.9 Å². The smallest absolute Gasteiger partial charge is 0.0451 e. The molecule has 0 atom stereocenters. The van der Waals surface area contributed by atoms with Crippen LogP contribution in [0, 0.1) is 0 Å². The van der Waals surface area contributed by atoms with Crippen LogP contribution in [0.4, 0.5) is 5.69 Å². The van der Waals surface area contributed by atoms with Gasteiger partial charge in [-0.15, -0.1) is 0 Å². The van der Waals surface area contributed by atoms with Crippen LogP contribution in [0.25, 0.3) is 0 Å². The predicted molar refractivity (Wildman–Crippen MR) is 90.4 cm³/mol. The van der Waals surface area contributed by atoms with Crippen molar-refractivity contribution < 1.29 is 0 Å². The van der Waals surface area contributed by atoms with Gasteiger partial charge in [-0.2, -0.15) is 0 Å². The number of hydrogen-bond acceptors (Lipinski definition) is 2. The Bertz CT molecular complexity index is 607. The van der Waals surface area contributed by atoms with Gasteiger partial charge in [0, 0.05) is 48.5 Å². The van der Waals surface area contributed by atoms with Gasteiger partial charge in [-0.25, -0.2) is 0 Å². The molecule has 1 aliphatic heterocycles. The zero-order valence-corrected chi connectivity index (χ0v) is 13.3. The van der Waals surface area contributed by atoms with Crippen LogP contribution in [-0.2, 0) is 6.54 Å². The number of halogens is 2. The molecule has 1 fully saturated rings. The molecule has 21 heavy (non-hydrogen) atoms. The molecule has 4 heteroatoms. The lowest BCUT2D eigenvalue weighted by Gasteiger charge is -2.36. The maximum absolute atomic E-state index is 6.23. The Hall–Kier alpha value is -1.22. The van der Waals surface area contributed by atoms with Crippen LogP contribution in [0.2, 0.25) is 10.0 Å². The van der Waals surface area contributed by atoms with E-state index in [1.807, 2.05) is 36.4 Å². The van der Waals surface area contributed by atoms with Crippen molar-refractivity contribution in [3.63, 3.8) is 0 Å². The summed E-state index contributed by atoms with van der Waals surface area (Å²) in [7, 11) is 0. The first kappa shape index (κ1) is 14.7. The van der Waals surface area contributed by atoms with Gasteiger partial charge in [0.1, 0.15) is 0 Å². The van der Waals surface area contributed by atoms with Gasteiger partial charge in [0.2, 0.25) is 0 Å². The minimum Gasteiger partial charge on any atom is -0.369 e. The lowest BCUT2D eigenvalue weighted by Crippen LogP contribution is -2.46. The van der Waals surface area contributed by atoms with E-state index in [4.69, 9.17) is 23.2 Å². The number of benzene rings is 2. The highest BCUT2D eigenvalue weighted by molar-refractivity contribution is 6.31. The highest BCUT2D eigenvalue weighted by atomic mass is 35.5. The van der Waals surface area contributed by atoms with Crippen molar-refractivity contribution in [3.8, 4) is 0 Å². The van der Waals surface area contributed by atoms with Gasteiger partial charge in [0.25, 0.3) is 0 Å². The third kappa shape index (κ3) is 3.70. The van der Waals surface area contributed by atoms with Gasteiger partial charge in [-0.3, -0.25) is 4.90 Å². The van der Waals surface area contributed by atoms with Crippen molar-refractivity contribution in [2.75, 3.05) is 31.1 Å². The molecular formula is C17H18Cl2N2. The number of piperazine rings is 1. The van der Waals surface area contributed by atoms with Crippen molar-refractivity contribution in [2.24, 2.45) is 0 Å². The maximum Gasteiger partial charge on any atom is 0.0451 e. The fourth-order valence-corrected chi connectivity index (χ4v) is 3.08. The Kier molecular flexibility index (Phi) is 4.69. The molecule has 0 aromatic heterocycles. The van der Waals surface area contributed by atoms with E-state index < -0.39 is 0 Å². The molecule has 0 radical (unpaired) electrons. The number of anilines is 1. The van der Waals surface area contributed by atoms with Gasteiger partial charge in [0.15, 0.2) is 0 Å². The Morgan fingerprint density at radius 2 is 1.62 bits per heavy atom. The minimum atomic E-state index is 0.797. The van der Waals surface area contributed by atoms with Gasteiger partial charge < -0.3 is 4.90 Å². The lowest BCUT2D eigenvalue weighted by atomic mass is 10.2. The van der Waals surface area contributed by atoms with E-state index >= 15 is 0 Å². The molecule has 0 bridgehead atoms. The fourth-order valence-electron chi connectivity index (χ4n) is 2.70. The second kappa shape index (κ2) is 6.69. The molecule has 3 rings (SSSR count). The monoisotopic (exact) mass is 320 g/mol. The SMILES string of the molecule is Clc1cccc(N2CCN(Cc3ccccc3Cl)CC2)c1. The number of rotatable bonds is 3. The van der Waals surface area contributed by atoms with Crippen molar-refractivity contribution in [1.82, 2.24) is 4.90 Å². The summed E-state index contributed by atoms with van der Waals surface area (Å²) < 4.78 is 0. The molecule has 0 N–H and O–H groups in total. The predicted octanol–water partition coefficient (Wildman–Crippen LogP) is 4.32. The molecule has 2 aromatic rings. The zero-order chi connectivity index (χ0) is 14.7. The van der Waals surface area contributed by atoms with E-state index in [1.54, 1.807) is 0 Å². The van der Waals surface area contributed by atoms with Crippen LogP contribution in [0.5, 0.6) is 0 Å². The lowest BCUT2D eigenvalue weighted by molar-refractivity contribution is 0.250. The Morgan fingerprint density at radius 3 is 2.33 bits per heavy atom. The summed E-state index contributed by atoms with van der Waals surface area (Å²) in [4.78, 5) is 4.83. The van der Waals surface area contributed by atoms with E-state index in [1.165, 1.54) is 11.3 Å². The number of nitrogens with zero attached hydrogens (tertiary/aromatic N) is 2. The molecule has 1 heterocycles. The van der Waals surface area contributed by atoms with Crippen LogP contribution in [0.3, 0.4) is 0 Å². The summed E-state index contributed by atoms with van der Waals surface area (Å²) >= 11 is 12.3. The molecule has 0 amide bonds. The van der Waals surface area contributed by atoms with Crippen LogP contribution in [0.15, 0.2) is 48.5 Å². The van der Waals surface area contributed by atoms with Crippen molar-refractivity contribution in [1.29, 1.82) is 0 Å². The van der Waals surface area contributed by atoms with E-state index in [0.717, 1.165) is 42.8 Å². The average Bonchev–Trinajstić information content (AvgIpc) is 2.50. The summed E-state index contributed by atoms with van der Waals surface area (Å²) in [6.07, 6.45) is 0. The van der Waals surface area contributed by atoms with Crippen LogP contribution >= 0.6 is 23.2 Å². The molecule has 2 aromatic carbocycles. The van der Waals surface area contributed by atoms with E-state index in [0.29, 0.717) is 0 Å². The van der Waals surface area contributed by atoms with E-state index in [9.17, 15) is 0 Å². The second-order valence-corrected chi connectivity index (χ2v) is 6.18. The fraction of sp³-hybridized carbons (Fsp3) is 0.294. The third-order valence-corrected chi connectivity index (χ3v) is 4.50. The summed E-state index contributed by atoms with van der Waals surface area (Å²) in [5.74, 6) is 0. The van der Waals surface area contributed by atoms with Gasteiger partial charge in [-0.1, -0.05) is 47.5 Å². The molecule has 0 spiro atoms. The largest absolute Gasteiger partial charge is 0.369 e. The first-order chi connectivity index (χ1) is 10.2. The molecule has 2 nitrogen and oxygen atoms in total. The zero-order valence-electron chi connectivity index (χ0n) is 11.8. The summed E-state index contributed by atoms with van der Waals surface area (Å²) in [6, 6.07) is 16.2. The van der Waals surface area contributed by atoms with Crippen LogP contribution in [-0.4, -0.2) is 31.1 Å². The molecular weight excluding hydrogens is 303 g/mol. The highest BCUT2D eigenvalue weighted by Crippen LogP contribution is 2.22. The highest BCUT2D eigenvalue weighted by Gasteiger charge is 2.18. The first-order valence-corrected chi connectivity index (χ1v) is 7.94. The summed E-state index contributed by atoms with van der Waals surface area (Å²) in [5, 5.41) is 1.65. The Balaban J connectivity index is 1.59. The molecule has 110 valence electrons. The Morgan fingerprint density at radius 1 is 0.857 bits per heavy atom. The van der Waals surface area contributed by atoms with Crippen LogP contribution < -0.4 is 4.90 Å². The quantitative estimate of drug-likeness (QED) is 0.831.